The van der Waals surface area contributed by atoms with Gasteiger partial charge in [-0.2, -0.15) is 0 Å². The average molecular weight is 427 g/mol. The van der Waals surface area contributed by atoms with E-state index >= 15 is 0 Å². The van der Waals surface area contributed by atoms with Crippen molar-refractivity contribution in [2.24, 2.45) is 0 Å². The molecule has 1 aliphatic carbocycles. The van der Waals surface area contributed by atoms with Gasteiger partial charge in [0.25, 0.3) is 11.5 Å². The van der Waals surface area contributed by atoms with Crippen molar-refractivity contribution in [2.45, 2.75) is 31.4 Å². The summed E-state index contributed by atoms with van der Waals surface area (Å²) in [5.41, 5.74) is 1.12. The summed E-state index contributed by atoms with van der Waals surface area (Å²) in [4.78, 5) is 30.0. The highest BCUT2D eigenvalue weighted by Gasteiger charge is 2.31. The van der Waals surface area contributed by atoms with E-state index in [0.29, 0.717) is 11.9 Å². The van der Waals surface area contributed by atoms with Gasteiger partial charge in [0.2, 0.25) is 0 Å². The molecule has 0 aliphatic heterocycles. The standard InChI is InChI=1S/C22H22FN3O5/c23-14-3-1-12(2-4-14)7-13-8-17-19(24-9-13)20(29)18(21(30)25-10-16(28)11-27)22(31)26(17)15-5-6-15/h1-4,8-9,15-16,27-29H,5-7,10-11H2,(H,25,30)/t16-/m0/s1. The largest absolute Gasteiger partial charge is 0.505 e. The molecule has 4 rings (SSSR count). The van der Waals surface area contributed by atoms with Gasteiger partial charge in [0.15, 0.2) is 5.75 Å². The second kappa shape index (κ2) is 8.44. The Labute approximate surface area is 176 Å². The molecule has 0 bridgehead atoms. The van der Waals surface area contributed by atoms with E-state index in [-0.39, 0.29) is 23.9 Å². The van der Waals surface area contributed by atoms with Crippen molar-refractivity contribution in [3.05, 3.63) is 69.4 Å². The van der Waals surface area contributed by atoms with E-state index in [2.05, 4.69) is 10.3 Å². The van der Waals surface area contributed by atoms with Gasteiger partial charge in [-0.15, -0.1) is 0 Å². The Morgan fingerprint density at radius 3 is 2.61 bits per heavy atom. The number of nitrogens with one attached hydrogen (secondary N) is 1. The summed E-state index contributed by atoms with van der Waals surface area (Å²) < 4.78 is 14.6. The summed E-state index contributed by atoms with van der Waals surface area (Å²) in [6.07, 6.45) is 2.37. The molecule has 0 saturated heterocycles. The van der Waals surface area contributed by atoms with E-state index in [1.54, 1.807) is 24.4 Å². The lowest BCUT2D eigenvalue weighted by Gasteiger charge is -2.15. The molecule has 1 atom stereocenters. The molecule has 1 aromatic carbocycles. The molecule has 0 radical (unpaired) electrons. The number of halogens is 1. The predicted octanol–water partition coefficient (Wildman–Crippen LogP) is 1.25. The van der Waals surface area contributed by atoms with Crippen molar-refractivity contribution in [1.29, 1.82) is 0 Å². The Bertz CT molecular complexity index is 1190. The van der Waals surface area contributed by atoms with Crippen LogP contribution in [0, 0.1) is 5.82 Å². The molecule has 3 aromatic rings. The molecule has 1 fully saturated rings. The first-order chi connectivity index (χ1) is 14.9. The normalized spacial score (nSPS) is 14.5. The van der Waals surface area contributed by atoms with Gasteiger partial charge in [-0.1, -0.05) is 12.1 Å². The monoisotopic (exact) mass is 427 g/mol. The number of nitrogens with zero attached hydrogens (tertiary/aromatic N) is 2. The van der Waals surface area contributed by atoms with Crippen LogP contribution in [-0.2, 0) is 6.42 Å². The number of aromatic nitrogens is 2. The van der Waals surface area contributed by atoms with Gasteiger partial charge in [0.05, 0.1) is 18.2 Å². The van der Waals surface area contributed by atoms with E-state index in [9.17, 15) is 24.2 Å². The highest BCUT2D eigenvalue weighted by molar-refractivity contribution is 6.01. The maximum absolute atomic E-state index is 13.2. The van der Waals surface area contributed by atoms with E-state index in [1.807, 2.05) is 0 Å². The molecule has 162 valence electrons. The summed E-state index contributed by atoms with van der Waals surface area (Å²) in [5.74, 6) is -1.70. The number of rotatable bonds is 7. The van der Waals surface area contributed by atoms with Crippen molar-refractivity contribution < 1.29 is 24.5 Å². The smallest absolute Gasteiger partial charge is 0.268 e. The highest BCUT2D eigenvalue weighted by atomic mass is 19.1. The van der Waals surface area contributed by atoms with Gasteiger partial charge in [-0.05, 0) is 48.6 Å². The predicted molar refractivity (Wildman–Crippen MR) is 111 cm³/mol. The number of aromatic hydroxyl groups is 1. The summed E-state index contributed by atoms with van der Waals surface area (Å²) >= 11 is 0. The maximum Gasteiger partial charge on any atom is 0.268 e. The Morgan fingerprint density at radius 1 is 1.26 bits per heavy atom. The molecule has 0 unspecified atom stereocenters. The first kappa shape index (κ1) is 21.0. The van der Waals surface area contributed by atoms with Crippen LogP contribution in [0.2, 0.25) is 0 Å². The third-order valence-corrected chi connectivity index (χ3v) is 5.25. The van der Waals surface area contributed by atoms with Crippen LogP contribution in [-0.4, -0.2) is 50.0 Å². The Hall–Kier alpha value is -3.30. The number of aliphatic hydroxyl groups is 2. The minimum absolute atomic E-state index is 0.0898. The zero-order valence-electron chi connectivity index (χ0n) is 16.6. The van der Waals surface area contributed by atoms with Crippen molar-refractivity contribution in [3.8, 4) is 5.75 Å². The minimum atomic E-state index is -1.18. The third-order valence-electron chi connectivity index (χ3n) is 5.25. The van der Waals surface area contributed by atoms with Crippen LogP contribution in [0.5, 0.6) is 5.75 Å². The molecule has 1 amide bonds. The van der Waals surface area contributed by atoms with Crippen LogP contribution in [0.3, 0.4) is 0 Å². The molecule has 1 aliphatic rings. The molecule has 4 N–H and O–H groups in total. The first-order valence-corrected chi connectivity index (χ1v) is 9.96. The van der Waals surface area contributed by atoms with Crippen molar-refractivity contribution in [3.63, 3.8) is 0 Å². The number of pyridine rings is 2. The highest BCUT2D eigenvalue weighted by Crippen LogP contribution is 2.38. The zero-order valence-corrected chi connectivity index (χ0v) is 16.6. The number of carbonyl (C=O) groups is 1. The minimum Gasteiger partial charge on any atom is -0.505 e. The first-order valence-electron chi connectivity index (χ1n) is 9.96. The lowest BCUT2D eigenvalue weighted by molar-refractivity contribution is 0.0799. The molecule has 31 heavy (non-hydrogen) atoms. The van der Waals surface area contributed by atoms with Crippen LogP contribution in [0.4, 0.5) is 4.39 Å². The fourth-order valence-electron chi connectivity index (χ4n) is 3.51. The van der Waals surface area contributed by atoms with Crippen molar-refractivity contribution in [1.82, 2.24) is 14.9 Å². The van der Waals surface area contributed by atoms with Gasteiger partial charge < -0.3 is 25.2 Å². The average Bonchev–Trinajstić information content (AvgIpc) is 3.58. The molecule has 9 heteroatoms. The van der Waals surface area contributed by atoms with E-state index < -0.39 is 35.5 Å². The Morgan fingerprint density at radius 2 is 1.97 bits per heavy atom. The van der Waals surface area contributed by atoms with Gasteiger partial charge >= 0.3 is 0 Å². The van der Waals surface area contributed by atoms with E-state index in [1.165, 1.54) is 16.7 Å². The number of hydrogen-bond acceptors (Lipinski definition) is 6. The Kier molecular flexibility index (Phi) is 5.71. The molecule has 2 aromatic heterocycles. The second-order valence-corrected chi connectivity index (χ2v) is 7.69. The number of fused-ring (bicyclic) bond motifs is 1. The summed E-state index contributed by atoms with van der Waals surface area (Å²) in [5, 5.41) is 31.4. The van der Waals surface area contributed by atoms with Gasteiger partial charge in [-0.25, -0.2) is 4.39 Å². The van der Waals surface area contributed by atoms with E-state index in [4.69, 9.17) is 5.11 Å². The molecule has 2 heterocycles. The number of amides is 1. The lowest BCUT2D eigenvalue weighted by atomic mass is 10.1. The quantitative estimate of drug-likeness (QED) is 0.450. The topological polar surface area (TPSA) is 125 Å². The number of aliphatic hydroxyl groups excluding tert-OH is 2. The Balaban J connectivity index is 1.76. The van der Waals surface area contributed by atoms with Gasteiger partial charge in [0.1, 0.15) is 16.9 Å². The second-order valence-electron chi connectivity index (χ2n) is 7.69. The van der Waals surface area contributed by atoms with E-state index in [0.717, 1.165) is 24.0 Å². The fourth-order valence-corrected chi connectivity index (χ4v) is 3.51. The van der Waals surface area contributed by atoms with Gasteiger partial charge in [0, 0.05) is 18.8 Å². The SMILES string of the molecule is O=C(NC[C@H](O)CO)c1c(O)c2ncc(Cc3ccc(F)cc3)cc2n(C2CC2)c1=O. The van der Waals surface area contributed by atoms with Crippen molar-refractivity contribution in [2.75, 3.05) is 13.2 Å². The molecule has 8 nitrogen and oxygen atoms in total. The molecule has 0 spiro atoms. The number of hydrogen-bond donors (Lipinski definition) is 4. The molecular formula is C22H22FN3O5. The number of carbonyl (C=O) groups excluding carboxylic acids is 1. The summed E-state index contributed by atoms with van der Waals surface area (Å²) in [6.45, 7) is -0.811. The third kappa shape index (κ3) is 4.28. The maximum atomic E-state index is 13.2. The molecular weight excluding hydrogens is 405 g/mol. The van der Waals surface area contributed by atoms with Crippen molar-refractivity contribution >= 4 is 16.9 Å². The lowest BCUT2D eigenvalue weighted by Crippen LogP contribution is -2.38. The fraction of sp³-hybridized carbons (Fsp3) is 0.318. The van der Waals surface area contributed by atoms with Crippen LogP contribution in [0.15, 0.2) is 41.3 Å². The van der Waals surface area contributed by atoms with Crippen LogP contribution >= 0.6 is 0 Å². The number of benzene rings is 1. The molecule has 1 saturated carbocycles. The van der Waals surface area contributed by atoms with Gasteiger partial charge in [-0.3, -0.25) is 14.6 Å². The zero-order chi connectivity index (χ0) is 22.1. The van der Waals surface area contributed by atoms with Crippen LogP contribution in [0.1, 0.15) is 40.4 Å². The van der Waals surface area contributed by atoms with Crippen LogP contribution < -0.4 is 10.9 Å². The summed E-state index contributed by atoms with van der Waals surface area (Å²) in [7, 11) is 0. The van der Waals surface area contributed by atoms with Crippen LogP contribution in [0.25, 0.3) is 11.0 Å². The summed E-state index contributed by atoms with van der Waals surface area (Å²) in [6, 6.07) is 7.73.